The van der Waals surface area contributed by atoms with E-state index < -0.39 is 0 Å². The summed E-state index contributed by atoms with van der Waals surface area (Å²) in [4.78, 5) is 0. The molecule has 1 aliphatic rings. The highest BCUT2D eigenvalue weighted by atomic mass is 14.1. The molecule has 0 bridgehead atoms. The lowest BCUT2D eigenvalue weighted by atomic mass is 9.98. The molecule has 0 aromatic heterocycles. The molecule has 0 heteroatoms. The van der Waals surface area contributed by atoms with Crippen LogP contribution in [0.1, 0.15) is 18.4 Å². The molecule has 0 amide bonds. The summed E-state index contributed by atoms with van der Waals surface area (Å²) in [5, 5.41) is 2.66. The Bertz CT molecular complexity index is 588. The smallest absolute Gasteiger partial charge is 0.00288 e. The molecule has 0 atom stereocenters. The Hall–Kier alpha value is -1.82. The summed E-state index contributed by atoms with van der Waals surface area (Å²) < 4.78 is 0. The van der Waals surface area contributed by atoms with Crippen LogP contribution >= 0.6 is 0 Å². The average Bonchev–Trinajstić information content (AvgIpc) is 2.40. The van der Waals surface area contributed by atoms with E-state index in [-0.39, 0.29) is 0 Å². The van der Waals surface area contributed by atoms with Crippen LogP contribution in [-0.2, 0) is 6.42 Å². The van der Waals surface area contributed by atoms with E-state index in [4.69, 9.17) is 0 Å². The predicted octanol–water partition coefficient (Wildman–Crippen LogP) is 4.66. The maximum Gasteiger partial charge on any atom is -0.00288 e. The van der Waals surface area contributed by atoms with Crippen molar-refractivity contribution in [2.45, 2.75) is 19.3 Å². The fourth-order valence-corrected chi connectivity index (χ4v) is 2.38. The molecule has 0 aliphatic heterocycles. The summed E-state index contributed by atoms with van der Waals surface area (Å²) in [6, 6.07) is 15.3. The molecule has 0 saturated heterocycles. The molecule has 0 saturated carbocycles. The fourth-order valence-electron chi connectivity index (χ4n) is 2.38. The van der Waals surface area contributed by atoms with Crippen molar-refractivity contribution in [2.75, 3.05) is 0 Å². The van der Waals surface area contributed by atoms with Crippen LogP contribution in [0.25, 0.3) is 10.8 Å². The maximum atomic E-state index is 2.36. The summed E-state index contributed by atoms with van der Waals surface area (Å²) in [5.74, 6) is 0. The van der Waals surface area contributed by atoms with E-state index in [2.05, 4.69) is 60.7 Å². The van der Waals surface area contributed by atoms with Gasteiger partial charge in [-0.25, -0.2) is 0 Å². The first kappa shape index (κ1) is 10.3. The highest BCUT2D eigenvalue weighted by Crippen LogP contribution is 2.20. The fraction of sp³-hybridized carbons (Fsp3) is 0.176. The molecule has 2 aromatic carbocycles. The van der Waals surface area contributed by atoms with Crippen molar-refractivity contribution >= 4 is 10.8 Å². The number of hydrogen-bond acceptors (Lipinski definition) is 0. The van der Waals surface area contributed by atoms with E-state index in [0.29, 0.717) is 0 Å². The van der Waals surface area contributed by atoms with Crippen LogP contribution in [0.15, 0.2) is 66.3 Å². The van der Waals surface area contributed by atoms with Crippen LogP contribution in [-0.4, -0.2) is 0 Å². The molecule has 0 unspecified atom stereocenters. The van der Waals surface area contributed by atoms with Gasteiger partial charge in [0, 0.05) is 0 Å². The molecule has 84 valence electrons. The Morgan fingerprint density at radius 1 is 0.882 bits per heavy atom. The third-order valence-electron chi connectivity index (χ3n) is 3.29. The SMILES string of the molecule is C1=CC(Cc2ccc3ccccc3c2)=CCC1. The molecule has 2 aromatic rings. The van der Waals surface area contributed by atoms with Crippen molar-refractivity contribution in [1.82, 2.24) is 0 Å². The lowest BCUT2D eigenvalue weighted by molar-refractivity contribution is 0.995. The Labute approximate surface area is 102 Å². The van der Waals surface area contributed by atoms with Crippen molar-refractivity contribution in [3.05, 3.63) is 71.8 Å². The molecule has 0 nitrogen and oxygen atoms in total. The van der Waals surface area contributed by atoms with Gasteiger partial charge in [0.2, 0.25) is 0 Å². The van der Waals surface area contributed by atoms with E-state index in [9.17, 15) is 0 Å². The monoisotopic (exact) mass is 220 g/mol. The zero-order valence-corrected chi connectivity index (χ0v) is 9.89. The topological polar surface area (TPSA) is 0 Å². The largest absolute Gasteiger partial charge is 0.0840 e. The second-order valence-electron chi connectivity index (χ2n) is 4.62. The average molecular weight is 220 g/mol. The molecule has 0 radical (unpaired) electrons. The van der Waals surface area contributed by atoms with Crippen molar-refractivity contribution in [1.29, 1.82) is 0 Å². The van der Waals surface area contributed by atoms with Crippen LogP contribution in [0.3, 0.4) is 0 Å². The molecule has 0 N–H and O–H groups in total. The molecular formula is C17H16. The number of hydrogen-bond donors (Lipinski definition) is 0. The Morgan fingerprint density at radius 2 is 1.76 bits per heavy atom. The number of benzene rings is 2. The maximum absolute atomic E-state index is 2.36. The van der Waals surface area contributed by atoms with Crippen molar-refractivity contribution in [3.63, 3.8) is 0 Å². The first-order valence-electron chi connectivity index (χ1n) is 6.25. The second-order valence-corrected chi connectivity index (χ2v) is 4.62. The Kier molecular flexibility index (Phi) is 2.79. The van der Waals surface area contributed by atoms with E-state index in [1.54, 1.807) is 0 Å². The first-order valence-corrected chi connectivity index (χ1v) is 6.25. The van der Waals surface area contributed by atoms with Crippen LogP contribution in [0.2, 0.25) is 0 Å². The molecule has 0 heterocycles. The summed E-state index contributed by atoms with van der Waals surface area (Å²) in [6.07, 6.45) is 10.3. The molecule has 3 rings (SSSR count). The normalized spacial score (nSPS) is 14.9. The lowest BCUT2D eigenvalue weighted by Gasteiger charge is -2.08. The molecular weight excluding hydrogens is 204 g/mol. The Morgan fingerprint density at radius 3 is 2.59 bits per heavy atom. The zero-order valence-electron chi connectivity index (χ0n) is 9.89. The lowest BCUT2D eigenvalue weighted by Crippen LogP contribution is -1.91. The van der Waals surface area contributed by atoms with Crippen LogP contribution in [0.4, 0.5) is 0 Å². The van der Waals surface area contributed by atoms with Gasteiger partial charge in [-0.1, -0.05) is 60.7 Å². The third kappa shape index (κ3) is 2.31. The van der Waals surface area contributed by atoms with Crippen LogP contribution in [0.5, 0.6) is 0 Å². The van der Waals surface area contributed by atoms with Gasteiger partial charge in [0.25, 0.3) is 0 Å². The van der Waals surface area contributed by atoms with Gasteiger partial charge >= 0.3 is 0 Å². The standard InChI is InChI=1S/C17H16/c1-2-6-14(7-3-1)12-15-10-11-16-8-4-5-9-17(16)13-15/h2,4-11,13H,1,3,12H2. The van der Waals surface area contributed by atoms with Gasteiger partial charge < -0.3 is 0 Å². The number of rotatable bonds is 2. The minimum absolute atomic E-state index is 1.06. The quantitative estimate of drug-likeness (QED) is 0.690. The van der Waals surface area contributed by atoms with Gasteiger partial charge in [-0.3, -0.25) is 0 Å². The number of fused-ring (bicyclic) bond motifs is 1. The highest BCUT2D eigenvalue weighted by Gasteiger charge is 2.01. The summed E-state index contributed by atoms with van der Waals surface area (Å²) >= 11 is 0. The van der Waals surface area contributed by atoms with Gasteiger partial charge in [0.1, 0.15) is 0 Å². The van der Waals surface area contributed by atoms with Crippen LogP contribution < -0.4 is 0 Å². The van der Waals surface area contributed by atoms with Gasteiger partial charge in [-0.2, -0.15) is 0 Å². The minimum atomic E-state index is 1.06. The first-order chi connectivity index (χ1) is 8.42. The van der Waals surface area contributed by atoms with Crippen molar-refractivity contribution in [2.24, 2.45) is 0 Å². The molecule has 17 heavy (non-hydrogen) atoms. The summed E-state index contributed by atoms with van der Waals surface area (Å²) in [6.45, 7) is 0. The molecule has 0 spiro atoms. The Balaban J connectivity index is 1.90. The van der Waals surface area contributed by atoms with E-state index in [0.717, 1.165) is 6.42 Å². The van der Waals surface area contributed by atoms with Crippen molar-refractivity contribution < 1.29 is 0 Å². The van der Waals surface area contributed by atoms with Gasteiger partial charge in [-0.15, -0.1) is 0 Å². The summed E-state index contributed by atoms with van der Waals surface area (Å²) in [7, 11) is 0. The van der Waals surface area contributed by atoms with Gasteiger partial charge in [-0.05, 0) is 41.2 Å². The van der Waals surface area contributed by atoms with Crippen LogP contribution in [0, 0.1) is 0 Å². The predicted molar refractivity (Wildman–Crippen MR) is 74.1 cm³/mol. The van der Waals surface area contributed by atoms with E-state index in [1.165, 1.54) is 34.8 Å². The zero-order chi connectivity index (χ0) is 11.5. The molecule has 1 aliphatic carbocycles. The minimum Gasteiger partial charge on any atom is -0.0840 e. The highest BCUT2D eigenvalue weighted by molar-refractivity contribution is 5.83. The molecule has 0 fully saturated rings. The number of allylic oxidation sites excluding steroid dienone is 4. The van der Waals surface area contributed by atoms with Crippen molar-refractivity contribution in [3.8, 4) is 0 Å². The summed E-state index contributed by atoms with van der Waals surface area (Å²) in [5.41, 5.74) is 2.85. The van der Waals surface area contributed by atoms with E-state index >= 15 is 0 Å². The van der Waals surface area contributed by atoms with E-state index in [1.807, 2.05) is 0 Å². The third-order valence-corrected chi connectivity index (χ3v) is 3.29. The van der Waals surface area contributed by atoms with Gasteiger partial charge in [0.15, 0.2) is 0 Å². The second kappa shape index (κ2) is 4.58. The van der Waals surface area contributed by atoms with Gasteiger partial charge in [0.05, 0.1) is 0 Å².